The Bertz CT molecular complexity index is 1130. The van der Waals surface area contributed by atoms with E-state index in [1.165, 1.54) is 25.3 Å². The van der Waals surface area contributed by atoms with Crippen molar-refractivity contribution in [2.75, 3.05) is 11.8 Å². The smallest absolute Gasteiger partial charge is 0.265 e. The van der Waals surface area contributed by atoms with E-state index in [9.17, 15) is 13.2 Å². The second kappa shape index (κ2) is 7.24. The first-order valence-corrected chi connectivity index (χ1v) is 9.63. The first kappa shape index (κ1) is 18.7. The molecule has 1 aromatic heterocycles. The third kappa shape index (κ3) is 4.01. The Labute approximate surface area is 157 Å². The maximum absolute atomic E-state index is 13.0. The largest absolute Gasteiger partial charge is 0.495 e. The minimum Gasteiger partial charge on any atom is -0.495 e. The standard InChI is InChI=1S/C19H19N3O4S/c1-12-4-5-13(2)16(10-12)22-27(24,25)18-11-14(6-8-17(18)26-3)15-7-9-19(23)21-20-15/h4-11,22H,1-3H3,(H,21,23). The van der Waals surface area contributed by atoms with Gasteiger partial charge in [-0.1, -0.05) is 12.1 Å². The average Bonchev–Trinajstić information content (AvgIpc) is 2.64. The van der Waals surface area contributed by atoms with Crippen molar-refractivity contribution in [1.29, 1.82) is 0 Å². The van der Waals surface area contributed by atoms with Crippen molar-refractivity contribution in [3.8, 4) is 17.0 Å². The summed E-state index contributed by atoms with van der Waals surface area (Å²) in [5.41, 5.74) is 2.90. The molecule has 0 radical (unpaired) electrons. The number of nitrogens with zero attached hydrogens (tertiary/aromatic N) is 1. The van der Waals surface area contributed by atoms with Crippen molar-refractivity contribution in [3.63, 3.8) is 0 Å². The number of hydrogen-bond acceptors (Lipinski definition) is 5. The molecule has 1 heterocycles. The number of aromatic amines is 1. The van der Waals surface area contributed by atoms with Gasteiger partial charge in [0.2, 0.25) is 0 Å². The molecule has 0 aliphatic heterocycles. The fourth-order valence-corrected chi connectivity index (χ4v) is 3.91. The van der Waals surface area contributed by atoms with Gasteiger partial charge >= 0.3 is 0 Å². The van der Waals surface area contributed by atoms with E-state index in [-0.39, 0.29) is 16.2 Å². The number of rotatable bonds is 5. The molecule has 2 aromatic carbocycles. The van der Waals surface area contributed by atoms with Crippen molar-refractivity contribution in [2.24, 2.45) is 0 Å². The van der Waals surface area contributed by atoms with E-state index in [0.717, 1.165) is 11.1 Å². The van der Waals surface area contributed by atoms with Crippen molar-refractivity contribution >= 4 is 15.7 Å². The van der Waals surface area contributed by atoms with Crippen LogP contribution in [-0.4, -0.2) is 25.7 Å². The lowest BCUT2D eigenvalue weighted by atomic mass is 10.1. The van der Waals surface area contributed by atoms with Gasteiger partial charge in [0.15, 0.2) is 0 Å². The Morgan fingerprint density at radius 1 is 1.04 bits per heavy atom. The third-order valence-corrected chi connectivity index (χ3v) is 5.45. The Kier molecular flexibility index (Phi) is 5.00. The highest BCUT2D eigenvalue weighted by molar-refractivity contribution is 7.92. The van der Waals surface area contributed by atoms with Gasteiger partial charge in [-0.05, 0) is 55.3 Å². The lowest BCUT2D eigenvalue weighted by molar-refractivity contribution is 0.403. The maximum Gasteiger partial charge on any atom is 0.265 e. The minimum atomic E-state index is -3.91. The lowest BCUT2D eigenvalue weighted by Crippen LogP contribution is -2.15. The maximum atomic E-state index is 13.0. The van der Waals surface area contributed by atoms with Crippen molar-refractivity contribution in [3.05, 3.63) is 70.0 Å². The van der Waals surface area contributed by atoms with Gasteiger partial charge in [0.05, 0.1) is 18.5 Å². The first-order chi connectivity index (χ1) is 12.8. The predicted molar refractivity (Wildman–Crippen MR) is 104 cm³/mol. The third-order valence-electron chi connectivity index (χ3n) is 4.07. The van der Waals surface area contributed by atoms with Crippen molar-refractivity contribution in [2.45, 2.75) is 18.7 Å². The molecule has 0 saturated carbocycles. The summed E-state index contributed by atoms with van der Waals surface area (Å²) in [6.45, 7) is 3.72. The number of H-pyrrole nitrogens is 1. The summed E-state index contributed by atoms with van der Waals surface area (Å²) in [5.74, 6) is 0.209. The van der Waals surface area contributed by atoms with Gasteiger partial charge in [-0.25, -0.2) is 13.5 Å². The van der Waals surface area contributed by atoms with Crippen LogP contribution in [0.25, 0.3) is 11.3 Å². The van der Waals surface area contributed by atoms with Gasteiger partial charge in [0.25, 0.3) is 15.6 Å². The summed E-state index contributed by atoms with van der Waals surface area (Å²) in [6, 6.07) is 13.1. The topological polar surface area (TPSA) is 101 Å². The van der Waals surface area contributed by atoms with Gasteiger partial charge in [-0.3, -0.25) is 9.52 Å². The molecule has 0 spiro atoms. The number of methoxy groups -OCH3 is 1. The number of ether oxygens (including phenoxy) is 1. The van der Waals surface area contributed by atoms with Crippen LogP contribution in [-0.2, 0) is 10.0 Å². The molecular weight excluding hydrogens is 366 g/mol. The lowest BCUT2D eigenvalue weighted by Gasteiger charge is -2.14. The Morgan fingerprint density at radius 3 is 2.48 bits per heavy atom. The molecule has 0 atom stereocenters. The van der Waals surface area contributed by atoms with Gasteiger partial charge in [-0.2, -0.15) is 5.10 Å². The zero-order chi connectivity index (χ0) is 19.6. The molecule has 3 rings (SSSR count). The summed E-state index contributed by atoms with van der Waals surface area (Å²) in [6.07, 6.45) is 0. The van der Waals surface area contributed by atoms with Crippen LogP contribution in [0, 0.1) is 13.8 Å². The zero-order valence-corrected chi connectivity index (χ0v) is 15.9. The number of aromatic nitrogens is 2. The fraction of sp³-hybridized carbons (Fsp3) is 0.158. The van der Waals surface area contributed by atoms with E-state index < -0.39 is 10.0 Å². The minimum absolute atomic E-state index is 0.0172. The highest BCUT2D eigenvalue weighted by atomic mass is 32.2. The normalized spacial score (nSPS) is 11.2. The Hall–Kier alpha value is -3.13. The molecule has 0 aliphatic rings. The second-order valence-electron chi connectivity index (χ2n) is 6.10. The molecular formula is C19H19N3O4S. The van der Waals surface area contributed by atoms with Gasteiger partial charge in [-0.15, -0.1) is 0 Å². The highest BCUT2D eigenvalue weighted by Crippen LogP contribution is 2.31. The first-order valence-electron chi connectivity index (χ1n) is 8.14. The summed E-state index contributed by atoms with van der Waals surface area (Å²) in [7, 11) is -2.50. The Balaban J connectivity index is 2.07. The van der Waals surface area contributed by atoms with E-state index in [1.54, 1.807) is 18.2 Å². The SMILES string of the molecule is COc1ccc(-c2ccc(=O)[nH]n2)cc1S(=O)(=O)Nc1cc(C)ccc1C. The zero-order valence-electron chi connectivity index (χ0n) is 15.1. The quantitative estimate of drug-likeness (QED) is 0.703. The Morgan fingerprint density at radius 2 is 1.81 bits per heavy atom. The van der Waals surface area contributed by atoms with Crippen LogP contribution >= 0.6 is 0 Å². The van der Waals surface area contributed by atoms with E-state index in [0.29, 0.717) is 16.9 Å². The van der Waals surface area contributed by atoms with Crippen LogP contribution in [0.15, 0.2) is 58.2 Å². The molecule has 0 amide bonds. The number of nitrogens with one attached hydrogen (secondary N) is 2. The van der Waals surface area contributed by atoms with Crippen molar-refractivity contribution < 1.29 is 13.2 Å². The van der Waals surface area contributed by atoms with Crippen LogP contribution < -0.4 is 15.0 Å². The fourth-order valence-electron chi connectivity index (χ4n) is 2.60. The molecule has 140 valence electrons. The number of sulfonamides is 1. The van der Waals surface area contributed by atoms with Crippen LogP contribution in [0.4, 0.5) is 5.69 Å². The molecule has 3 aromatic rings. The van der Waals surface area contributed by atoms with Crippen LogP contribution in [0.5, 0.6) is 5.75 Å². The molecule has 7 nitrogen and oxygen atoms in total. The molecule has 27 heavy (non-hydrogen) atoms. The summed E-state index contributed by atoms with van der Waals surface area (Å²) in [5, 5.41) is 6.28. The highest BCUT2D eigenvalue weighted by Gasteiger charge is 2.21. The van der Waals surface area contributed by atoms with E-state index in [1.807, 2.05) is 26.0 Å². The predicted octanol–water partition coefficient (Wildman–Crippen LogP) is 2.86. The number of anilines is 1. The molecule has 0 fully saturated rings. The van der Waals surface area contributed by atoms with E-state index >= 15 is 0 Å². The molecule has 0 unspecified atom stereocenters. The van der Waals surface area contributed by atoms with E-state index in [4.69, 9.17) is 4.74 Å². The number of hydrogen-bond donors (Lipinski definition) is 2. The molecule has 0 saturated heterocycles. The molecule has 0 bridgehead atoms. The van der Waals surface area contributed by atoms with Crippen LogP contribution in [0.1, 0.15) is 11.1 Å². The average molecular weight is 385 g/mol. The number of benzene rings is 2. The van der Waals surface area contributed by atoms with Crippen LogP contribution in [0.2, 0.25) is 0 Å². The van der Waals surface area contributed by atoms with Gasteiger partial charge in [0, 0.05) is 11.6 Å². The van der Waals surface area contributed by atoms with Crippen molar-refractivity contribution in [1.82, 2.24) is 10.2 Å². The molecule has 2 N–H and O–H groups in total. The van der Waals surface area contributed by atoms with E-state index in [2.05, 4.69) is 14.9 Å². The molecule has 0 aliphatic carbocycles. The molecule has 8 heteroatoms. The second-order valence-corrected chi connectivity index (χ2v) is 7.75. The van der Waals surface area contributed by atoms with Gasteiger partial charge in [0.1, 0.15) is 10.6 Å². The van der Waals surface area contributed by atoms with Gasteiger partial charge < -0.3 is 4.74 Å². The summed E-state index contributed by atoms with van der Waals surface area (Å²) in [4.78, 5) is 11.2. The summed E-state index contributed by atoms with van der Waals surface area (Å²) >= 11 is 0. The monoisotopic (exact) mass is 385 g/mol. The summed E-state index contributed by atoms with van der Waals surface area (Å²) < 4.78 is 33.9. The van der Waals surface area contributed by atoms with Crippen LogP contribution in [0.3, 0.4) is 0 Å². The number of aryl methyl sites for hydroxylation is 2.